The van der Waals surface area contributed by atoms with Crippen LogP contribution in [0.5, 0.6) is 17.2 Å². The first-order chi connectivity index (χ1) is 18.3. The topological polar surface area (TPSA) is 61.8 Å². The standard InChI is InChI=1S/C31H33FN2O3S/c1-4-5-13-34-14-12-23(18-34)33-22-6-9-25(10-7-22)37-30-26-11-8-24(35)17-27(26)38-31(30)29(36)28-19(2)15-21(32)16-20(28)3/h6-11,15-17,23,33,35H,4-5,12-14,18H2,1-3H3/t23-/m1/s1. The van der Waals surface area contributed by atoms with Crippen molar-refractivity contribution in [2.45, 2.75) is 46.1 Å². The Morgan fingerprint density at radius 1 is 1.13 bits per heavy atom. The number of benzene rings is 3. The monoisotopic (exact) mass is 532 g/mol. The molecule has 1 fully saturated rings. The van der Waals surface area contributed by atoms with Crippen molar-refractivity contribution in [1.82, 2.24) is 4.90 Å². The number of phenols is 1. The molecule has 0 amide bonds. The number of aromatic hydroxyl groups is 1. The highest BCUT2D eigenvalue weighted by molar-refractivity contribution is 7.21. The van der Waals surface area contributed by atoms with Gasteiger partial charge in [0.25, 0.3) is 0 Å². The Kier molecular flexibility index (Phi) is 7.68. The number of phenolic OH excluding ortho intramolecular Hbond substituents is 1. The minimum Gasteiger partial charge on any atom is -0.508 e. The smallest absolute Gasteiger partial charge is 0.207 e. The Labute approximate surface area is 226 Å². The van der Waals surface area contributed by atoms with Gasteiger partial charge in [-0.1, -0.05) is 13.3 Å². The predicted octanol–water partition coefficient (Wildman–Crippen LogP) is 7.67. The lowest BCUT2D eigenvalue weighted by Crippen LogP contribution is -2.26. The molecule has 2 heterocycles. The normalized spacial score (nSPS) is 15.7. The molecule has 1 aliphatic heterocycles. The van der Waals surface area contributed by atoms with Gasteiger partial charge in [-0.05, 0) is 99.0 Å². The first kappa shape index (κ1) is 26.2. The van der Waals surface area contributed by atoms with Crippen molar-refractivity contribution in [3.05, 3.63) is 82.0 Å². The Hall–Kier alpha value is -3.42. The lowest BCUT2D eigenvalue weighted by molar-refractivity contribution is 0.103. The number of anilines is 1. The van der Waals surface area contributed by atoms with Gasteiger partial charge in [0.2, 0.25) is 5.78 Å². The Balaban J connectivity index is 1.40. The molecule has 7 heteroatoms. The second-order valence-electron chi connectivity index (χ2n) is 10.1. The SMILES string of the molecule is CCCCN1CC[C@@H](Nc2ccc(Oc3c(C(=O)c4c(C)cc(F)cc4C)sc4cc(O)ccc34)cc2)C1. The summed E-state index contributed by atoms with van der Waals surface area (Å²) in [6.07, 6.45) is 3.58. The van der Waals surface area contributed by atoms with Crippen molar-refractivity contribution in [3.8, 4) is 17.2 Å². The number of carbonyl (C=O) groups is 1. The number of rotatable bonds is 9. The zero-order valence-electron chi connectivity index (χ0n) is 22.0. The summed E-state index contributed by atoms with van der Waals surface area (Å²) in [5.41, 5.74) is 2.66. The summed E-state index contributed by atoms with van der Waals surface area (Å²) in [5, 5.41) is 14.4. The molecule has 5 nitrogen and oxygen atoms in total. The molecular formula is C31H33FN2O3S. The first-order valence-electron chi connectivity index (χ1n) is 13.2. The van der Waals surface area contributed by atoms with Crippen LogP contribution < -0.4 is 10.1 Å². The number of aryl methyl sites for hydroxylation is 2. The van der Waals surface area contributed by atoms with E-state index in [4.69, 9.17) is 4.74 Å². The third kappa shape index (κ3) is 5.54. The van der Waals surface area contributed by atoms with E-state index in [2.05, 4.69) is 17.1 Å². The number of nitrogens with one attached hydrogen (secondary N) is 1. The van der Waals surface area contributed by atoms with Gasteiger partial charge < -0.3 is 20.1 Å². The molecule has 1 atom stereocenters. The number of nitrogens with zero attached hydrogens (tertiary/aromatic N) is 1. The van der Waals surface area contributed by atoms with Crippen LogP contribution in [-0.2, 0) is 0 Å². The Morgan fingerprint density at radius 2 is 1.87 bits per heavy atom. The van der Waals surface area contributed by atoms with Crippen LogP contribution in [-0.4, -0.2) is 41.5 Å². The van der Waals surface area contributed by atoms with Crippen LogP contribution in [0, 0.1) is 19.7 Å². The fourth-order valence-corrected chi connectivity index (χ4v) is 6.31. The number of fused-ring (bicyclic) bond motifs is 1. The van der Waals surface area contributed by atoms with Gasteiger partial charge in [-0.2, -0.15) is 0 Å². The summed E-state index contributed by atoms with van der Waals surface area (Å²) in [6.45, 7) is 9.04. The van der Waals surface area contributed by atoms with Crippen LogP contribution >= 0.6 is 11.3 Å². The van der Waals surface area contributed by atoms with Gasteiger partial charge in [-0.3, -0.25) is 4.79 Å². The van der Waals surface area contributed by atoms with E-state index in [-0.39, 0.29) is 17.3 Å². The molecule has 0 bridgehead atoms. The molecule has 38 heavy (non-hydrogen) atoms. The number of ether oxygens (including phenoxy) is 1. The zero-order chi connectivity index (χ0) is 26.8. The van der Waals surface area contributed by atoms with Gasteiger partial charge in [0.15, 0.2) is 5.75 Å². The van der Waals surface area contributed by atoms with Crippen molar-refractivity contribution in [1.29, 1.82) is 0 Å². The van der Waals surface area contributed by atoms with E-state index >= 15 is 0 Å². The van der Waals surface area contributed by atoms with Crippen LogP contribution in [0.25, 0.3) is 10.1 Å². The molecule has 5 rings (SSSR count). The Morgan fingerprint density at radius 3 is 2.58 bits per heavy atom. The third-order valence-electron chi connectivity index (χ3n) is 7.10. The summed E-state index contributed by atoms with van der Waals surface area (Å²) in [4.78, 5) is 16.7. The van der Waals surface area contributed by atoms with E-state index < -0.39 is 0 Å². The fraction of sp³-hybridized carbons (Fsp3) is 0.323. The number of hydrogen-bond acceptors (Lipinski definition) is 6. The average Bonchev–Trinajstić information content (AvgIpc) is 3.47. The van der Waals surface area contributed by atoms with Crippen LogP contribution in [0.2, 0.25) is 0 Å². The maximum atomic E-state index is 13.9. The van der Waals surface area contributed by atoms with Crippen molar-refractivity contribution < 1.29 is 19.0 Å². The van der Waals surface area contributed by atoms with E-state index in [1.807, 2.05) is 24.3 Å². The molecular weight excluding hydrogens is 499 g/mol. The van der Waals surface area contributed by atoms with Crippen molar-refractivity contribution in [3.63, 3.8) is 0 Å². The van der Waals surface area contributed by atoms with E-state index in [9.17, 15) is 14.3 Å². The van der Waals surface area contributed by atoms with Gasteiger partial charge in [0.05, 0.1) is 0 Å². The van der Waals surface area contributed by atoms with E-state index in [1.54, 1.807) is 32.0 Å². The first-order valence-corrected chi connectivity index (χ1v) is 14.0. The summed E-state index contributed by atoms with van der Waals surface area (Å²) < 4.78 is 21.0. The molecule has 0 spiro atoms. The number of carbonyl (C=O) groups excluding carboxylic acids is 1. The molecule has 1 aliphatic rings. The maximum absolute atomic E-state index is 13.9. The largest absolute Gasteiger partial charge is 0.508 e. The van der Waals surface area contributed by atoms with Gasteiger partial charge >= 0.3 is 0 Å². The lowest BCUT2D eigenvalue weighted by atomic mass is 9.97. The highest BCUT2D eigenvalue weighted by Gasteiger charge is 2.25. The molecule has 2 N–H and O–H groups in total. The van der Waals surface area contributed by atoms with Crippen LogP contribution in [0.4, 0.5) is 10.1 Å². The van der Waals surface area contributed by atoms with E-state index in [0.29, 0.717) is 39.1 Å². The molecule has 0 aliphatic carbocycles. The third-order valence-corrected chi connectivity index (χ3v) is 8.24. The van der Waals surface area contributed by atoms with Gasteiger partial charge in [0.1, 0.15) is 22.2 Å². The predicted molar refractivity (Wildman–Crippen MR) is 153 cm³/mol. The highest BCUT2D eigenvalue weighted by atomic mass is 32.1. The molecule has 3 aromatic carbocycles. The molecule has 1 aromatic heterocycles. The number of unbranched alkanes of at least 4 members (excludes halogenated alkanes) is 1. The molecule has 0 unspecified atom stereocenters. The minimum absolute atomic E-state index is 0.119. The zero-order valence-corrected chi connectivity index (χ0v) is 22.8. The number of ketones is 1. The average molecular weight is 533 g/mol. The molecule has 0 saturated carbocycles. The maximum Gasteiger partial charge on any atom is 0.207 e. The Bertz CT molecular complexity index is 1440. The second kappa shape index (κ2) is 11.1. The summed E-state index contributed by atoms with van der Waals surface area (Å²) in [7, 11) is 0. The van der Waals surface area contributed by atoms with E-state index in [1.165, 1.54) is 36.3 Å². The van der Waals surface area contributed by atoms with E-state index in [0.717, 1.165) is 41.8 Å². The van der Waals surface area contributed by atoms with Gasteiger partial charge in [0, 0.05) is 40.5 Å². The molecule has 1 saturated heterocycles. The van der Waals surface area contributed by atoms with Crippen LogP contribution in [0.1, 0.15) is 52.5 Å². The number of likely N-dealkylation sites (tertiary alicyclic amines) is 1. The number of hydrogen-bond donors (Lipinski definition) is 2. The minimum atomic E-state index is -0.366. The molecule has 4 aromatic rings. The summed E-state index contributed by atoms with van der Waals surface area (Å²) in [5.74, 6) is 0.591. The molecule has 198 valence electrons. The summed E-state index contributed by atoms with van der Waals surface area (Å²) >= 11 is 1.27. The fourth-order valence-electron chi connectivity index (χ4n) is 5.20. The van der Waals surface area contributed by atoms with Crippen LogP contribution in [0.3, 0.4) is 0 Å². The van der Waals surface area contributed by atoms with Crippen LogP contribution in [0.15, 0.2) is 54.6 Å². The second-order valence-corrected chi connectivity index (χ2v) is 11.1. The number of thiophene rings is 1. The van der Waals surface area contributed by atoms with Crippen molar-refractivity contribution in [2.24, 2.45) is 0 Å². The number of halogens is 1. The van der Waals surface area contributed by atoms with Crippen molar-refractivity contribution >= 4 is 32.9 Å². The lowest BCUT2D eigenvalue weighted by Gasteiger charge is -2.17. The van der Waals surface area contributed by atoms with Crippen molar-refractivity contribution in [2.75, 3.05) is 25.0 Å². The van der Waals surface area contributed by atoms with Gasteiger partial charge in [-0.25, -0.2) is 4.39 Å². The highest BCUT2D eigenvalue weighted by Crippen LogP contribution is 2.43. The quantitative estimate of drug-likeness (QED) is 0.217. The van der Waals surface area contributed by atoms with Gasteiger partial charge in [-0.15, -0.1) is 11.3 Å². The molecule has 0 radical (unpaired) electrons. The summed E-state index contributed by atoms with van der Waals surface area (Å²) in [6, 6.07) is 16.0.